The van der Waals surface area contributed by atoms with Gasteiger partial charge < -0.3 is 14.8 Å². The zero-order chi connectivity index (χ0) is 21.9. The first-order valence-corrected chi connectivity index (χ1v) is 10.2. The molecular formula is C21H21FN6O3. The number of anilines is 1. The topological polar surface area (TPSA) is 102 Å². The van der Waals surface area contributed by atoms with E-state index in [4.69, 9.17) is 0 Å². The van der Waals surface area contributed by atoms with Crippen molar-refractivity contribution in [2.45, 2.75) is 51.7 Å². The summed E-state index contributed by atoms with van der Waals surface area (Å²) in [7, 11) is 0. The molecule has 4 heterocycles. The fourth-order valence-corrected chi connectivity index (χ4v) is 3.93. The minimum absolute atomic E-state index is 0.0978. The summed E-state index contributed by atoms with van der Waals surface area (Å²) >= 11 is 0. The van der Waals surface area contributed by atoms with E-state index in [1.807, 2.05) is 13.8 Å². The minimum Gasteiger partial charge on any atom is -0.330 e. The van der Waals surface area contributed by atoms with Crippen LogP contribution in [0.1, 0.15) is 54.4 Å². The summed E-state index contributed by atoms with van der Waals surface area (Å²) < 4.78 is 15.9. The molecule has 3 aromatic heterocycles. The molecule has 0 atom stereocenters. The molecule has 2 amide bonds. The lowest BCUT2D eigenvalue weighted by molar-refractivity contribution is -0.116. The Balaban J connectivity index is 1.59. The van der Waals surface area contributed by atoms with Crippen LogP contribution in [0.25, 0.3) is 5.65 Å². The molecule has 1 aliphatic heterocycles. The second kappa shape index (κ2) is 7.00. The molecule has 9 nitrogen and oxygen atoms in total. The molecule has 0 aromatic carbocycles. The van der Waals surface area contributed by atoms with Gasteiger partial charge in [-0.25, -0.2) is 9.37 Å². The third kappa shape index (κ3) is 3.28. The van der Waals surface area contributed by atoms with Gasteiger partial charge in [-0.05, 0) is 38.8 Å². The summed E-state index contributed by atoms with van der Waals surface area (Å²) in [4.78, 5) is 44.5. The summed E-state index contributed by atoms with van der Waals surface area (Å²) in [5, 5.41) is 7.08. The number of carbonyl (C=O) groups is 2. The van der Waals surface area contributed by atoms with Gasteiger partial charge in [0.1, 0.15) is 29.5 Å². The molecule has 0 bridgehead atoms. The minimum atomic E-state index is -0.510. The number of carbonyl (C=O) groups excluding carboxylic acids is 2. The highest BCUT2D eigenvalue weighted by atomic mass is 19.1. The highest BCUT2D eigenvalue weighted by Gasteiger charge is 2.37. The molecule has 5 rings (SSSR count). The lowest BCUT2D eigenvalue weighted by Gasteiger charge is -2.20. The van der Waals surface area contributed by atoms with Crippen LogP contribution < -0.4 is 10.9 Å². The van der Waals surface area contributed by atoms with Crippen molar-refractivity contribution in [2.75, 3.05) is 5.32 Å². The highest BCUT2D eigenvalue weighted by Crippen LogP contribution is 2.39. The Morgan fingerprint density at radius 1 is 1.29 bits per heavy atom. The molecule has 2 aliphatic rings. The van der Waals surface area contributed by atoms with Crippen molar-refractivity contribution < 1.29 is 14.0 Å². The summed E-state index contributed by atoms with van der Waals surface area (Å²) in [6.45, 7) is 3.72. The molecule has 0 spiro atoms. The van der Waals surface area contributed by atoms with Crippen LogP contribution in [0.4, 0.5) is 10.2 Å². The SMILES string of the molecule is CC(C)N1Cc2c(n(CC(=O)Nc3ccc(F)cn3)c3cc(C4CC4)nn3c2=O)C1=O. The fourth-order valence-electron chi connectivity index (χ4n) is 3.93. The molecule has 160 valence electrons. The van der Waals surface area contributed by atoms with Gasteiger partial charge >= 0.3 is 0 Å². The lowest BCUT2D eigenvalue weighted by Crippen LogP contribution is -2.32. The van der Waals surface area contributed by atoms with Crippen molar-refractivity contribution in [1.29, 1.82) is 0 Å². The zero-order valence-electron chi connectivity index (χ0n) is 17.1. The van der Waals surface area contributed by atoms with E-state index in [1.54, 1.807) is 15.5 Å². The maximum absolute atomic E-state index is 13.1. The number of hydrogen-bond acceptors (Lipinski definition) is 5. The quantitative estimate of drug-likeness (QED) is 0.674. The number of fused-ring (bicyclic) bond motifs is 2. The third-order valence-electron chi connectivity index (χ3n) is 5.70. The zero-order valence-corrected chi connectivity index (χ0v) is 17.1. The van der Waals surface area contributed by atoms with Crippen molar-refractivity contribution in [3.05, 3.63) is 57.5 Å². The maximum atomic E-state index is 13.1. The summed E-state index contributed by atoms with van der Waals surface area (Å²) in [6, 6.07) is 4.24. The van der Waals surface area contributed by atoms with Crippen LogP contribution in [0.15, 0.2) is 29.2 Å². The molecular weight excluding hydrogens is 403 g/mol. The first kappa shape index (κ1) is 19.4. The number of aromatic nitrogens is 4. The number of amides is 2. The second-order valence-corrected chi connectivity index (χ2v) is 8.27. The molecule has 0 radical (unpaired) electrons. The van der Waals surface area contributed by atoms with Gasteiger partial charge in [-0.2, -0.15) is 9.61 Å². The molecule has 31 heavy (non-hydrogen) atoms. The lowest BCUT2D eigenvalue weighted by atomic mass is 10.2. The van der Waals surface area contributed by atoms with E-state index in [0.29, 0.717) is 17.1 Å². The first-order chi connectivity index (χ1) is 14.8. The standard InChI is InChI=1S/C21H21FN6O3/c1-11(2)26-9-14-19(21(26)31)27(10-17(29)24-16-6-5-13(22)8-23-16)18-7-15(12-3-4-12)25-28(18)20(14)30/h5-8,11-12H,3-4,9-10H2,1-2H3,(H,23,24,29). The van der Waals surface area contributed by atoms with E-state index in [9.17, 15) is 18.8 Å². The monoisotopic (exact) mass is 424 g/mol. The molecule has 1 saturated carbocycles. The van der Waals surface area contributed by atoms with Crippen LogP contribution in [0, 0.1) is 5.82 Å². The Morgan fingerprint density at radius 3 is 2.71 bits per heavy atom. The van der Waals surface area contributed by atoms with Gasteiger partial charge in [-0.15, -0.1) is 0 Å². The number of halogens is 1. The van der Waals surface area contributed by atoms with Gasteiger partial charge in [0.2, 0.25) is 5.91 Å². The number of nitrogens with one attached hydrogen (secondary N) is 1. The van der Waals surface area contributed by atoms with E-state index in [-0.39, 0.29) is 42.1 Å². The van der Waals surface area contributed by atoms with Crippen molar-refractivity contribution in [3.8, 4) is 0 Å². The Morgan fingerprint density at radius 2 is 2.06 bits per heavy atom. The molecule has 1 N–H and O–H groups in total. The van der Waals surface area contributed by atoms with Gasteiger partial charge in [0, 0.05) is 18.0 Å². The van der Waals surface area contributed by atoms with Crippen molar-refractivity contribution >= 4 is 23.3 Å². The molecule has 0 unspecified atom stereocenters. The average molecular weight is 424 g/mol. The Hall–Kier alpha value is -3.56. The summed E-state index contributed by atoms with van der Waals surface area (Å²) in [5.74, 6) is -0.738. The normalized spacial score (nSPS) is 15.7. The number of rotatable bonds is 5. The van der Waals surface area contributed by atoms with Crippen LogP contribution in [0.5, 0.6) is 0 Å². The van der Waals surface area contributed by atoms with Crippen molar-refractivity contribution in [2.24, 2.45) is 0 Å². The van der Waals surface area contributed by atoms with Crippen LogP contribution in [0.2, 0.25) is 0 Å². The molecule has 0 saturated heterocycles. The second-order valence-electron chi connectivity index (χ2n) is 8.27. The van der Waals surface area contributed by atoms with Crippen molar-refractivity contribution in [1.82, 2.24) is 24.1 Å². The smallest absolute Gasteiger partial charge is 0.280 e. The molecule has 10 heteroatoms. The summed E-state index contributed by atoms with van der Waals surface area (Å²) in [6.07, 6.45) is 3.02. The van der Waals surface area contributed by atoms with Crippen LogP contribution >= 0.6 is 0 Å². The van der Waals surface area contributed by atoms with E-state index in [0.717, 1.165) is 24.7 Å². The first-order valence-electron chi connectivity index (χ1n) is 10.2. The van der Waals surface area contributed by atoms with Gasteiger partial charge in [0.05, 0.1) is 24.0 Å². The Labute approximate surface area is 176 Å². The van der Waals surface area contributed by atoms with E-state index < -0.39 is 11.7 Å². The predicted octanol–water partition coefficient (Wildman–Crippen LogP) is 1.91. The maximum Gasteiger partial charge on any atom is 0.280 e. The number of nitrogens with zero attached hydrogens (tertiary/aromatic N) is 5. The van der Waals surface area contributed by atoms with Crippen LogP contribution in [-0.2, 0) is 17.9 Å². The third-order valence-corrected chi connectivity index (χ3v) is 5.70. The molecule has 1 aliphatic carbocycles. The van der Waals surface area contributed by atoms with E-state index in [2.05, 4.69) is 15.4 Å². The van der Waals surface area contributed by atoms with Gasteiger partial charge in [-0.3, -0.25) is 14.4 Å². The fraction of sp³-hybridized carbons (Fsp3) is 0.381. The van der Waals surface area contributed by atoms with Gasteiger partial charge in [0.15, 0.2) is 0 Å². The Bertz CT molecular complexity index is 1270. The van der Waals surface area contributed by atoms with Gasteiger partial charge in [0.25, 0.3) is 11.5 Å². The van der Waals surface area contributed by atoms with Crippen LogP contribution in [-0.4, -0.2) is 41.9 Å². The van der Waals surface area contributed by atoms with Gasteiger partial charge in [-0.1, -0.05) is 0 Å². The largest absolute Gasteiger partial charge is 0.330 e. The average Bonchev–Trinajstić information content (AvgIpc) is 3.38. The van der Waals surface area contributed by atoms with Crippen molar-refractivity contribution in [3.63, 3.8) is 0 Å². The number of pyridine rings is 1. The molecule has 3 aromatic rings. The van der Waals surface area contributed by atoms with Crippen LogP contribution in [0.3, 0.4) is 0 Å². The van der Waals surface area contributed by atoms with E-state index >= 15 is 0 Å². The Kier molecular flexibility index (Phi) is 4.38. The van der Waals surface area contributed by atoms with E-state index in [1.165, 1.54) is 16.6 Å². The molecule has 1 fully saturated rings. The summed E-state index contributed by atoms with van der Waals surface area (Å²) in [5.41, 5.74) is 1.43. The predicted molar refractivity (Wildman–Crippen MR) is 109 cm³/mol. The highest BCUT2D eigenvalue weighted by molar-refractivity contribution is 5.98. The number of hydrogen-bond donors (Lipinski definition) is 1.